The molecule has 5 heteroatoms. The molecule has 2 aromatic carbocycles. The predicted molar refractivity (Wildman–Crippen MR) is 96.8 cm³/mol. The van der Waals surface area contributed by atoms with Gasteiger partial charge in [0.2, 0.25) is 0 Å². The van der Waals surface area contributed by atoms with Crippen LogP contribution in [0, 0.1) is 0 Å². The van der Waals surface area contributed by atoms with Crippen LogP contribution in [-0.2, 0) is 13.1 Å². The van der Waals surface area contributed by atoms with Gasteiger partial charge in [0, 0.05) is 37.8 Å². The Labute approximate surface area is 147 Å². The minimum absolute atomic E-state index is 0.359. The van der Waals surface area contributed by atoms with Crippen molar-refractivity contribution in [3.63, 3.8) is 0 Å². The summed E-state index contributed by atoms with van der Waals surface area (Å²) in [6.45, 7) is 3.89. The van der Waals surface area contributed by atoms with Gasteiger partial charge in [0.1, 0.15) is 5.69 Å². The molecule has 0 saturated carbocycles. The molecule has 1 fully saturated rings. The van der Waals surface area contributed by atoms with Crippen LogP contribution in [-0.4, -0.2) is 39.0 Å². The van der Waals surface area contributed by atoms with Crippen molar-refractivity contribution in [2.45, 2.75) is 25.2 Å². The molecule has 0 amide bonds. The quantitative estimate of drug-likeness (QED) is 0.801. The first kappa shape index (κ1) is 14.8. The SMILES string of the molecule is c1ccc(CN2CC3NCc4c(-c5ccccc5)nnn4C3C2)cc1. The summed E-state index contributed by atoms with van der Waals surface area (Å²) in [4.78, 5) is 2.51. The lowest BCUT2D eigenvalue weighted by Gasteiger charge is -2.27. The Morgan fingerprint density at radius 3 is 2.52 bits per heavy atom. The number of nitrogens with one attached hydrogen (secondary N) is 1. The van der Waals surface area contributed by atoms with Crippen LogP contribution in [0.4, 0.5) is 0 Å². The van der Waals surface area contributed by atoms with Gasteiger partial charge in [-0.15, -0.1) is 5.10 Å². The van der Waals surface area contributed by atoms with Gasteiger partial charge in [-0.05, 0) is 5.56 Å². The number of likely N-dealkylation sites (tertiary alicyclic amines) is 1. The summed E-state index contributed by atoms with van der Waals surface area (Å²) in [6.07, 6.45) is 0. The van der Waals surface area contributed by atoms with Crippen molar-refractivity contribution in [1.29, 1.82) is 0 Å². The number of hydrogen-bond donors (Lipinski definition) is 1. The first-order chi connectivity index (χ1) is 12.4. The zero-order valence-corrected chi connectivity index (χ0v) is 14.0. The molecular formula is C20H21N5. The fourth-order valence-electron chi connectivity index (χ4n) is 4.08. The van der Waals surface area contributed by atoms with E-state index in [2.05, 4.69) is 79.8 Å². The second-order valence-corrected chi connectivity index (χ2v) is 6.93. The zero-order valence-electron chi connectivity index (χ0n) is 14.0. The Hall–Kier alpha value is -2.50. The van der Waals surface area contributed by atoms with E-state index < -0.39 is 0 Å². The van der Waals surface area contributed by atoms with Crippen molar-refractivity contribution in [2.75, 3.05) is 13.1 Å². The largest absolute Gasteiger partial charge is 0.305 e. The van der Waals surface area contributed by atoms with E-state index in [0.29, 0.717) is 12.1 Å². The molecule has 2 aliphatic rings. The van der Waals surface area contributed by atoms with Gasteiger partial charge >= 0.3 is 0 Å². The highest BCUT2D eigenvalue weighted by Crippen LogP contribution is 2.31. The first-order valence-corrected chi connectivity index (χ1v) is 8.87. The molecule has 3 heterocycles. The molecule has 1 saturated heterocycles. The minimum atomic E-state index is 0.359. The van der Waals surface area contributed by atoms with Crippen LogP contribution in [0.2, 0.25) is 0 Å². The van der Waals surface area contributed by atoms with Gasteiger partial charge in [-0.1, -0.05) is 65.9 Å². The number of hydrogen-bond acceptors (Lipinski definition) is 4. The summed E-state index contributed by atoms with van der Waals surface area (Å²) < 4.78 is 2.16. The molecule has 1 aromatic heterocycles. The topological polar surface area (TPSA) is 46.0 Å². The van der Waals surface area contributed by atoms with Crippen molar-refractivity contribution < 1.29 is 0 Å². The van der Waals surface area contributed by atoms with Gasteiger partial charge < -0.3 is 5.32 Å². The molecule has 0 radical (unpaired) electrons. The maximum Gasteiger partial charge on any atom is 0.117 e. The maximum absolute atomic E-state index is 4.52. The third kappa shape index (κ3) is 2.65. The van der Waals surface area contributed by atoms with Crippen LogP contribution < -0.4 is 5.32 Å². The second kappa shape index (κ2) is 6.10. The Morgan fingerprint density at radius 2 is 1.72 bits per heavy atom. The van der Waals surface area contributed by atoms with E-state index in [0.717, 1.165) is 37.4 Å². The zero-order chi connectivity index (χ0) is 16.6. The third-order valence-electron chi connectivity index (χ3n) is 5.30. The average molecular weight is 331 g/mol. The van der Waals surface area contributed by atoms with Crippen molar-refractivity contribution in [3.8, 4) is 11.3 Å². The van der Waals surface area contributed by atoms with Crippen LogP contribution in [0.5, 0.6) is 0 Å². The van der Waals surface area contributed by atoms with E-state index in [4.69, 9.17) is 0 Å². The highest BCUT2D eigenvalue weighted by atomic mass is 15.5. The van der Waals surface area contributed by atoms with Gasteiger partial charge in [-0.2, -0.15) is 0 Å². The molecule has 5 rings (SSSR count). The summed E-state index contributed by atoms with van der Waals surface area (Å²) in [5.74, 6) is 0. The smallest absolute Gasteiger partial charge is 0.117 e. The van der Waals surface area contributed by atoms with Gasteiger partial charge in [0.15, 0.2) is 0 Å². The molecule has 2 unspecified atom stereocenters. The van der Waals surface area contributed by atoms with Gasteiger partial charge in [-0.25, -0.2) is 4.68 Å². The molecule has 2 aliphatic heterocycles. The minimum Gasteiger partial charge on any atom is -0.305 e. The van der Waals surface area contributed by atoms with E-state index >= 15 is 0 Å². The second-order valence-electron chi connectivity index (χ2n) is 6.93. The lowest BCUT2D eigenvalue weighted by molar-refractivity contribution is 0.307. The van der Waals surface area contributed by atoms with Crippen molar-refractivity contribution in [3.05, 3.63) is 71.9 Å². The van der Waals surface area contributed by atoms with Gasteiger partial charge in [0.05, 0.1) is 11.7 Å². The van der Waals surface area contributed by atoms with E-state index in [9.17, 15) is 0 Å². The normalized spacial score (nSPS) is 22.6. The molecule has 25 heavy (non-hydrogen) atoms. The molecule has 2 atom stereocenters. The van der Waals surface area contributed by atoms with Crippen LogP contribution in [0.1, 0.15) is 17.3 Å². The van der Waals surface area contributed by atoms with E-state index in [1.54, 1.807) is 0 Å². The van der Waals surface area contributed by atoms with E-state index in [-0.39, 0.29) is 0 Å². The number of aromatic nitrogens is 3. The molecule has 3 aromatic rings. The molecule has 0 aliphatic carbocycles. The Kier molecular flexibility index (Phi) is 3.61. The number of benzene rings is 2. The van der Waals surface area contributed by atoms with Crippen LogP contribution in [0.15, 0.2) is 60.7 Å². The fraction of sp³-hybridized carbons (Fsp3) is 0.300. The Balaban J connectivity index is 1.40. The lowest BCUT2D eigenvalue weighted by Crippen LogP contribution is -2.42. The third-order valence-corrected chi connectivity index (χ3v) is 5.30. The summed E-state index contributed by atoms with van der Waals surface area (Å²) in [6, 6.07) is 21.8. The summed E-state index contributed by atoms with van der Waals surface area (Å²) >= 11 is 0. The number of nitrogens with zero attached hydrogens (tertiary/aromatic N) is 4. The van der Waals surface area contributed by atoms with Gasteiger partial charge in [0.25, 0.3) is 0 Å². The highest BCUT2D eigenvalue weighted by molar-refractivity contribution is 5.61. The summed E-state index contributed by atoms with van der Waals surface area (Å²) in [5.41, 5.74) is 4.72. The molecule has 1 N–H and O–H groups in total. The fourth-order valence-corrected chi connectivity index (χ4v) is 4.08. The molecular weight excluding hydrogens is 310 g/mol. The van der Waals surface area contributed by atoms with Gasteiger partial charge in [-0.3, -0.25) is 4.90 Å². The standard InChI is InChI=1S/C20H21N5/c1-3-7-15(8-4-1)12-24-13-17-19(14-24)25-18(11-21-17)20(22-23-25)16-9-5-2-6-10-16/h1-10,17,19,21H,11-14H2. The first-order valence-electron chi connectivity index (χ1n) is 8.87. The average Bonchev–Trinajstić information content (AvgIpc) is 3.26. The Bertz CT molecular complexity index is 858. The van der Waals surface area contributed by atoms with Crippen molar-refractivity contribution in [2.24, 2.45) is 0 Å². The highest BCUT2D eigenvalue weighted by Gasteiger charge is 2.39. The van der Waals surface area contributed by atoms with Crippen LogP contribution in [0.3, 0.4) is 0 Å². The lowest BCUT2D eigenvalue weighted by atomic mass is 10.1. The number of rotatable bonds is 3. The summed E-state index contributed by atoms with van der Waals surface area (Å²) in [5, 5.41) is 12.7. The molecule has 0 spiro atoms. The molecule has 5 nitrogen and oxygen atoms in total. The van der Waals surface area contributed by atoms with Crippen molar-refractivity contribution in [1.82, 2.24) is 25.2 Å². The monoisotopic (exact) mass is 331 g/mol. The Morgan fingerprint density at radius 1 is 0.960 bits per heavy atom. The molecule has 0 bridgehead atoms. The maximum atomic E-state index is 4.52. The molecule has 126 valence electrons. The van der Waals surface area contributed by atoms with Crippen LogP contribution in [0.25, 0.3) is 11.3 Å². The van der Waals surface area contributed by atoms with E-state index in [1.165, 1.54) is 11.3 Å². The van der Waals surface area contributed by atoms with Crippen LogP contribution >= 0.6 is 0 Å². The summed E-state index contributed by atoms with van der Waals surface area (Å²) in [7, 11) is 0. The predicted octanol–water partition coefficient (Wildman–Crippen LogP) is 2.47. The number of fused-ring (bicyclic) bond motifs is 3. The van der Waals surface area contributed by atoms with Crippen molar-refractivity contribution >= 4 is 0 Å². The van der Waals surface area contributed by atoms with E-state index in [1.807, 2.05) is 6.07 Å².